The van der Waals surface area contributed by atoms with Gasteiger partial charge in [0.2, 0.25) is 5.91 Å². The molecule has 1 aromatic heterocycles. The summed E-state index contributed by atoms with van der Waals surface area (Å²) < 4.78 is 33.7. The molecule has 0 atom stereocenters. The summed E-state index contributed by atoms with van der Waals surface area (Å²) >= 11 is 1.38. The Morgan fingerprint density at radius 3 is 2.36 bits per heavy atom. The number of nitrogens with one attached hydrogen (secondary N) is 1. The number of anilines is 2. The number of hydrogen-bond donors (Lipinski definition) is 1. The van der Waals surface area contributed by atoms with Crippen molar-refractivity contribution < 1.29 is 22.7 Å². The second-order valence-electron chi connectivity index (χ2n) is 8.85. The lowest BCUT2D eigenvalue weighted by molar-refractivity contribution is -0.114. The molecule has 0 saturated carbocycles. The quantitative estimate of drug-likeness (QED) is 0.405. The van der Waals surface area contributed by atoms with Crippen molar-refractivity contribution in [2.45, 2.75) is 51.3 Å². The van der Waals surface area contributed by atoms with Crippen molar-refractivity contribution in [3.8, 4) is 0 Å². The standard InChI is InChI=1S/C27H30N2O5S2/c1-4-34-27(31)25-22-12-8-9-13-23(22)35-26(25)28-24(30)17-29(20-15-18(2)14-19(3)16-20)36(32,33)21-10-6-5-7-11-21/h5-7,10-11,14-16H,4,8-9,12-13,17H2,1-3H3,(H,28,30). The lowest BCUT2D eigenvalue weighted by atomic mass is 9.95. The molecule has 1 aliphatic rings. The van der Waals surface area contributed by atoms with E-state index in [4.69, 9.17) is 4.74 Å². The van der Waals surface area contributed by atoms with Gasteiger partial charge in [0.25, 0.3) is 10.0 Å². The smallest absolute Gasteiger partial charge is 0.341 e. The molecule has 0 unspecified atom stereocenters. The Kier molecular flexibility index (Phi) is 7.80. The Bertz CT molecular complexity index is 1360. The number of rotatable bonds is 8. The SMILES string of the molecule is CCOC(=O)c1c(NC(=O)CN(c2cc(C)cc(C)c2)S(=O)(=O)c2ccccc2)sc2c1CCCC2. The lowest BCUT2D eigenvalue weighted by Gasteiger charge is -2.25. The minimum absolute atomic E-state index is 0.0933. The molecule has 4 rings (SSSR count). The van der Waals surface area contributed by atoms with Crippen molar-refractivity contribution in [2.24, 2.45) is 0 Å². The zero-order valence-corrected chi connectivity index (χ0v) is 22.3. The topological polar surface area (TPSA) is 92.8 Å². The first-order chi connectivity index (χ1) is 17.2. The van der Waals surface area contributed by atoms with Gasteiger partial charge in [0.1, 0.15) is 11.5 Å². The van der Waals surface area contributed by atoms with Crippen LogP contribution in [0.2, 0.25) is 0 Å². The number of carbonyl (C=O) groups is 2. The molecule has 0 spiro atoms. The molecule has 0 bridgehead atoms. The first kappa shape index (κ1) is 25.9. The maximum Gasteiger partial charge on any atom is 0.341 e. The number of aryl methyl sites for hydroxylation is 3. The highest BCUT2D eigenvalue weighted by atomic mass is 32.2. The van der Waals surface area contributed by atoms with Gasteiger partial charge in [-0.1, -0.05) is 24.3 Å². The number of sulfonamides is 1. The van der Waals surface area contributed by atoms with Crippen LogP contribution >= 0.6 is 11.3 Å². The highest BCUT2D eigenvalue weighted by Gasteiger charge is 2.30. The van der Waals surface area contributed by atoms with Gasteiger partial charge in [0.15, 0.2) is 0 Å². The van der Waals surface area contributed by atoms with Crippen molar-refractivity contribution in [2.75, 3.05) is 22.8 Å². The first-order valence-corrected chi connectivity index (χ1v) is 14.2. The molecule has 3 aromatic rings. The maximum atomic E-state index is 13.6. The van der Waals surface area contributed by atoms with Gasteiger partial charge in [-0.3, -0.25) is 9.10 Å². The van der Waals surface area contributed by atoms with E-state index in [-0.39, 0.29) is 11.5 Å². The van der Waals surface area contributed by atoms with Crippen LogP contribution in [-0.2, 0) is 32.4 Å². The molecule has 7 nitrogen and oxygen atoms in total. The molecule has 2 aromatic carbocycles. The van der Waals surface area contributed by atoms with Crippen LogP contribution < -0.4 is 9.62 Å². The van der Waals surface area contributed by atoms with E-state index in [0.717, 1.165) is 51.6 Å². The van der Waals surface area contributed by atoms with Crippen LogP contribution in [0.15, 0.2) is 53.4 Å². The third kappa shape index (κ3) is 5.47. The number of benzene rings is 2. The summed E-state index contributed by atoms with van der Waals surface area (Å²) in [6, 6.07) is 13.5. The average molecular weight is 527 g/mol. The van der Waals surface area contributed by atoms with Gasteiger partial charge < -0.3 is 10.1 Å². The van der Waals surface area contributed by atoms with E-state index in [0.29, 0.717) is 16.3 Å². The van der Waals surface area contributed by atoms with Gasteiger partial charge >= 0.3 is 5.97 Å². The first-order valence-electron chi connectivity index (χ1n) is 12.0. The van der Waals surface area contributed by atoms with Crippen molar-refractivity contribution in [1.29, 1.82) is 0 Å². The lowest BCUT2D eigenvalue weighted by Crippen LogP contribution is -2.38. The fourth-order valence-electron chi connectivity index (χ4n) is 4.50. The molecular weight excluding hydrogens is 496 g/mol. The minimum Gasteiger partial charge on any atom is -0.462 e. The second kappa shape index (κ2) is 10.8. The van der Waals surface area contributed by atoms with Gasteiger partial charge in [0.05, 0.1) is 22.8 Å². The Morgan fingerprint density at radius 1 is 1.03 bits per heavy atom. The number of amides is 1. The summed E-state index contributed by atoms with van der Waals surface area (Å²) in [6.45, 7) is 5.29. The molecule has 0 saturated heterocycles. The molecule has 1 heterocycles. The summed E-state index contributed by atoms with van der Waals surface area (Å²) in [5.74, 6) is -0.993. The highest BCUT2D eigenvalue weighted by molar-refractivity contribution is 7.92. The summed E-state index contributed by atoms with van der Waals surface area (Å²) in [5.41, 5.74) is 3.50. The number of carbonyl (C=O) groups excluding carboxylic acids is 2. The van der Waals surface area contributed by atoms with Crippen LogP contribution in [0.1, 0.15) is 51.7 Å². The van der Waals surface area contributed by atoms with Crippen LogP contribution in [0.3, 0.4) is 0 Å². The van der Waals surface area contributed by atoms with E-state index in [1.807, 2.05) is 19.9 Å². The molecule has 9 heteroatoms. The minimum atomic E-state index is -4.03. The number of esters is 1. The third-order valence-electron chi connectivity index (χ3n) is 6.02. The zero-order valence-electron chi connectivity index (χ0n) is 20.7. The number of fused-ring (bicyclic) bond motifs is 1. The molecule has 0 aliphatic heterocycles. The fourth-order valence-corrected chi connectivity index (χ4v) is 7.22. The monoisotopic (exact) mass is 526 g/mol. The largest absolute Gasteiger partial charge is 0.462 e. The van der Waals surface area contributed by atoms with Gasteiger partial charge in [0, 0.05) is 4.88 Å². The van der Waals surface area contributed by atoms with Crippen molar-refractivity contribution in [1.82, 2.24) is 0 Å². The fraction of sp³-hybridized carbons (Fsp3) is 0.333. The van der Waals surface area contributed by atoms with Crippen LogP contribution in [0.25, 0.3) is 0 Å². The van der Waals surface area contributed by atoms with Gasteiger partial charge in [-0.15, -0.1) is 11.3 Å². The summed E-state index contributed by atoms with van der Waals surface area (Å²) in [5, 5.41) is 3.25. The molecule has 0 radical (unpaired) electrons. The van der Waals surface area contributed by atoms with E-state index in [1.165, 1.54) is 23.5 Å². The molecule has 1 aliphatic carbocycles. The van der Waals surface area contributed by atoms with E-state index in [2.05, 4.69) is 5.32 Å². The third-order valence-corrected chi connectivity index (χ3v) is 9.01. The van der Waals surface area contributed by atoms with Crippen molar-refractivity contribution in [3.05, 3.63) is 75.7 Å². The highest BCUT2D eigenvalue weighted by Crippen LogP contribution is 2.38. The Balaban J connectivity index is 1.69. The number of ether oxygens (including phenoxy) is 1. The number of thiophene rings is 1. The van der Waals surface area contributed by atoms with E-state index in [1.54, 1.807) is 37.3 Å². The van der Waals surface area contributed by atoms with E-state index >= 15 is 0 Å². The van der Waals surface area contributed by atoms with Crippen molar-refractivity contribution in [3.63, 3.8) is 0 Å². The van der Waals surface area contributed by atoms with Crippen molar-refractivity contribution >= 4 is 43.9 Å². The Labute approximate surface area is 216 Å². The second-order valence-corrected chi connectivity index (χ2v) is 11.8. The van der Waals surface area contributed by atoms with Crippen LogP contribution in [-0.4, -0.2) is 33.4 Å². The summed E-state index contributed by atoms with van der Waals surface area (Å²) in [4.78, 5) is 27.3. The molecular formula is C27H30N2O5S2. The Hall–Kier alpha value is -3.17. The zero-order chi connectivity index (χ0) is 25.9. The number of hydrogen-bond acceptors (Lipinski definition) is 6. The summed E-state index contributed by atoms with van der Waals surface area (Å²) in [6.07, 6.45) is 3.60. The normalized spacial score (nSPS) is 13.1. The average Bonchev–Trinajstić information content (AvgIpc) is 3.20. The predicted molar refractivity (Wildman–Crippen MR) is 142 cm³/mol. The van der Waals surface area contributed by atoms with E-state index in [9.17, 15) is 18.0 Å². The predicted octanol–water partition coefficient (Wildman–Crippen LogP) is 5.25. The van der Waals surface area contributed by atoms with Gasteiger partial charge in [-0.25, -0.2) is 13.2 Å². The number of nitrogens with zero attached hydrogens (tertiary/aromatic N) is 1. The van der Waals surface area contributed by atoms with Crippen LogP contribution in [0, 0.1) is 13.8 Å². The summed E-state index contributed by atoms with van der Waals surface area (Å²) in [7, 11) is -4.03. The molecule has 0 fully saturated rings. The molecule has 36 heavy (non-hydrogen) atoms. The molecule has 1 amide bonds. The Morgan fingerprint density at radius 2 is 1.69 bits per heavy atom. The van der Waals surface area contributed by atoms with E-state index < -0.39 is 28.4 Å². The molecule has 1 N–H and O–H groups in total. The van der Waals surface area contributed by atoms with Crippen LogP contribution in [0.5, 0.6) is 0 Å². The maximum absolute atomic E-state index is 13.6. The molecule has 190 valence electrons. The van der Waals surface area contributed by atoms with Crippen LogP contribution in [0.4, 0.5) is 10.7 Å². The van der Waals surface area contributed by atoms with Gasteiger partial charge in [-0.2, -0.15) is 0 Å². The van der Waals surface area contributed by atoms with Gasteiger partial charge in [-0.05, 0) is 87.4 Å².